The Morgan fingerprint density at radius 3 is 2.92 bits per heavy atom. The lowest BCUT2D eigenvalue weighted by molar-refractivity contribution is 0.102. The van der Waals surface area contributed by atoms with Crippen molar-refractivity contribution in [3.63, 3.8) is 0 Å². The maximum atomic E-state index is 12.6. The van der Waals surface area contributed by atoms with Gasteiger partial charge in [0.2, 0.25) is 5.95 Å². The fourth-order valence-electron chi connectivity index (χ4n) is 2.32. The van der Waals surface area contributed by atoms with E-state index in [1.165, 1.54) is 0 Å². The summed E-state index contributed by atoms with van der Waals surface area (Å²) in [4.78, 5) is 25.4. The van der Waals surface area contributed by atoms with Gasteiger partial charge in [-0.3, -0.25) is 9.78 Å². The molecule has 120 valence electrons. The minimum absolute atomic E-state index is 0.294. The van der Waals surface area contributed by atoms with Gasteiger partial charge in [0.25, 0.3) is 5.91 Å². The first-order valence-corrected chi connectivity index (χ1v) is 7.53. The molecular formula is C18H17N5O. The van der Waals surface area contributed by atoms with E-state index in [1.807, 2.05) is 37.3 Å². The van der Waals surface area contributed by atoms with Crippen LogP contribution in [0.2, 0.25) is 0 Å². The predicted octanol–water partition coefficient (Wildman–Crippen LogP) is 3.18. The lowest BCUT2D eigenvalue weighted by Crippen LogP contribution is -2.16. The van der Waals surface area contributed by atoms with Crippen LogP contribution in [-0.2, 0) is 0 Å². The van der Waals surface area contributed by atoms with E-state index >= 15 is 0 Å². The Kier molecular flexibility index (Phi) is 4.47. The zero-order valence-corrected chi connectivity index (χ0v) is 13.3. The van der Waals surface area contributed by atoms with Crippen molar-refractivity contribution >= 4 is 28.4 Å². The molecule has 0 radical (unpaired) electrons. The third kappa shape index (κ3) is 3.38. The molecule has 0 saturated heterocycles. The molecule has 3 aromatic rings. The van der Waals surface area contributed by atoms with Crippen LogP contribution in [0.15, 0.2) is 55.3 Å². The van der Waals surface area contributed by atoms with E-state index < -0.39 is 0 Å². The van der Waals surface area contributed by atoms with Crippen molar-refractivity contribution in [1.82, 2.24) is 15.0 Å². The Bertz CT molecular complexity index is 902. The highest BCUT2D eigenvalue weighted by Gasteiger charge is 2.12. The second-order valence-corrected chi connectivity index (χ2v) is 5.22. The number of benzene rings is 1. The quantitative estimate of drug-likeness (QED) is 0.706. The third-order valence-corrected chi connectivity index (χ3v) is 3.37. The highest BCUT2D eigenvalue weighted by molar-refractivity contribution is 6.07. The second kappa shape index (κ2) is 6.87. The van der Waals surface area contributed by atoms with E-state index in [4.69, 9.17) is 0 Å². The molecule has 6 heteroatoms. The number of aromatic nitrogens is 3. The fraction of sp³-hybridized carbons (Fsp3) is 0.111. The monoisotopic (exact) mass is 319 g/mol. The summed E-state index contributed by atoms with van der Waals surface area (Å²) in [6.45, 7) is 5.98. The topological polar surface area (TPSA) is 79.8 Å². The number of nitrogens with one attached hydrogen (secondary N) is 2. The van der Waals surface area contributed by atoms with Crippen LogP contribution in [0.1, 0.15) is 16.2 Å². The molecule has 1 amide bonds. The molecule has 24 heavy (non-hydrogen) atoms. The lowest BCUT2D eigenvalue weighted by Gasteiger charge is -2.09. The molecule has 0 bridgehead atoms. The normalized spacial score (nSPS) is 10.4. The van der Waals surface area contributed by atoms with Gasteiger partial charge in [-0.05, 0) is 25.1 Å². The number of nitrogens with zero attached hydrogens (tertiary/aromatic N) is 3. The number of anilines is 2. The van der Waals surface area contributed by atoms with Gasteiger partial charge in [-0.2, -0.15) is 0 Å². The zero-order chi connectivity index (χ0) is 16.9. The van der Waals surface area contributed by atoms with Crippen molar-refractivity contribution in [2.75, 3.05) is 17.2 Å². The van der Waals surface area contributed by atoms with Crippen molar-refractivity contribution in [2.24, 2.45) is 0 Å². The van der Waals surface area contributed by atoms with Crippen molar-refractivity contribution in [3.8, 4) is 0 Å². The van der Waals surface area contributed by atoms with Gasteiger partial charge in [-0.25, -0.2) is 9.97 Å². The highest BCUT2D eigenvalue weighted by atomic mass is 16.1. The molecule has 0 unspecified atom stereocenters. The Morgan fingerprint density at radius 2 is 2.08 bits per heavy atom. The summed E-state index contributed by atoms with van der Waals surface area (Å²) in [7, 11) is 0. The Labute approximate surface area is 139 Å². The number of carbonyl (C=O) groups excluding carboxylic acids is 1. The molecule has 0 spiro atoms. The number of carbonyl (C=O) groups is 1. The SMILES string of the molecule is C=CCNc1nc(C)cc(C(=O)Nc2cccc3cccnc23)n1. The van der Waals surface area contributed by atoms with Crippen LogP contribution < -0.4 is 10.6 Å². The van der Waals surface area contributed by atoms with Crippen LogP contribution in [0.4, 0.5) is 11.6 Å². The van der Waals surface area contributed by atoms with Gasteiger partial charge >= 0.3 is 0 Å². The number of hydrogen-bond acceptors (Lipinski definition) is 5. The van der Waals surface area contributed by atoms with Gasteiger partial charge in [-0.1, -0.05) is 24.3 Å². The minimum Gasteiger partial charge on any atom is -0.351 e. The summed E-state index contributed by atoms with van der Waals surface area (Å²) in [5.41, 5.74) is 2.39. The van der Waals surface area contributed by atoms with Crippen LogP contribution in [-0.4, -0.2) is 27.4 Å². The Morgan fingerprint density at radius 1 is 1.25 bits per heavy atom. The van der Waals surface area contributed by atoms with E-state index in [0.29, 0.717) is 29.6 Å². The number of pyridine rings is 1. The maximum Gasteiger partial charge on any atom is 0.274 e. The summed E-state index contributed by atoms with van der Waals surface area (Å²) >= 11 is 0. The van der Waals surface area contributed by atoms with E-state index in [2.05, 4.69) is 32.2 Å². The first-order chi connectivity index (χ1) is 11.7. The summed E-state index contributed by atoms with van der Waals surface area (Å²) in [6.07, 6.45) is 3.40. The molecule has 3 rings (SSSR count). The van der Waals surface area contributed by atoms with E-state index in [0.717, 1.165) is 10.9 Å². The molecule has 1 aromatic carbocycles. The largest absolute Gasteiger partial charge is 0.351 e. The number of fused-ring (bicyclic) bond motifs is 1. The standard InChI is InChI=1S/C18H17N5O/c1-3-9-20-18-21-12(2)11-15(23-18)17(24)22-14-8-4-6-13-7-5-10-19-16(13)14/h3-8,10-11H,1,9H2,2H3,(H,22,24)(H,20,21,23). The van der Waals surface area contributed by atoms with E-state index in [-0.39, 0.29) is 5.91 Å². The Hall–Kier alpha value is -3.28. The molecule has 0 aliphatic heterocycles. The van der Waals surface area contributed by atoms with Crippen LogP contribution >= 0.6 is 0 Å². The maximum absolute atomic E-state index is 12.6. The number of rotatable bonds is 5. The zero-order valence-electron chi connectivity index (χ0n) is 13.3. The molecular weight excluding hydrogens is 302 g/mol. The molecule has 6 nitrogen and oxygen atoms in total. The van der Waals surface area contributed by atoms with Crippen molar-refractivity contribution in [3.05, 3.63) is 66.6 Å². The predicted molar refractivity (Wildman–Crippen MR) is 95.2 cm³/mol. The van der Waals surface area contributed by atoms with Crippen LogP contribution in [0.25, 0.3) is 10.9 Å². The first-order valence-electron chi connectivity index (χ1n) is 7.53. The van der Waals surface area contributed by atoms with Gasteiger partial charge in [0.1, 0.15) is 5.69 Å². The smallest absolute Gasteiger partial charge is 0.274 e. The van der Waals surface area contributed by atoms with E-state index in [1.54, 1.807) is 18.3 Å². The van der Waals surface area contributed by atoms with Crippen molar-refractivity contribution in [1.29, 1.82) is 0 Å². The van der Waals surface area contributed by atoms with Gasteiger partial charge in [0.15, 0.2) is 0 Å². The van der Waals surface area contributed by atoms with Gasteiger partial charge in [0.05, 0.1) is 11.2 Å². The summed E-state index contributed by atoms with van der Waals surface area (Å²) in [6, 6.07) is 11.1. The molecule has 2 N–H and O–H groups in total. The van der Waals surface area contributed by atoms with Crippen molar-refractivity contribution in [2.45, 2.75) is 6.92 Å². The fourth-order valence-corrected chi connectivity index (χ4v) is 2.32. The average Bonchev–Trinajstić information content (AvgIpc) is 2.60. The second-order valence-electron chi connectivity index (χ2n) is 5.22. The van der Waals surface area contributed by atoms with Crippen LogP contribution in [0, 0.1) is 6.92 Å². The molecule has 2 aromatic heterocycles. The summed E-state index contributed by atoms with van der Waals surface area (Å²) in [5, 5.41) is 6.82. The number of hydrogen-bond donors (Lipinski definition) is 2. The molecule has 0 saturated carbocycles. The molecule has 0 fully saturated rings. The van der Waals surface area contributed by atoms with Gasteiger partial charge < -0.3 is 10.6 Å². The van der Waals surface area contributed by atoms with Gasteiger partial charge in [0, 0.05) is 23.8 Å². The van der Waals surface area contributed by atoms with Crippen molar-refractivity contribution < 1.29 is 4.79 Å². The van der Waals surface area contributed by atoms with E-state index in [9.17, 15) is 4.79 Å². The molecule has 0 aliphatic carbocycles. The van der Waals surface area contributed by atoms with Crippen LogP contribution in [0.3, 0.4) is 0 Å². The average molecular weight is 319 g/mol. The minimum atomic E-state index is -0.305. The molecule has 0 atom stereocenters. The third-order valence-electron chi connectivity index (χ3n) is 3.37. The first kappa shape index (κ1) is 15.6. The van der Waals surface area contributed by atoms with Gasteiger partial charge in [-0.15, -0.1) is 6.58 Å². The molecule has 0 aliphatic rings. The highest BCUT2D eigenvalue weighted by Crippen LogP contribution is 2.21. The lowest BCUT2D eigenvalue weighted by atomic mass is 10.2. The summed E-state index contributed by atoms with van der Waals surface area (Å²) in [5.74, 6) is 0.0939. The van der Waals surface area contributed by atoms with Crippen LogP contribution in [0.5, 0.6) is 0 Å². The molecule has 2 heterocycles. The number of amides is 1. The number of para-hydroxylation sites is 1. The Balaban J connectivity index is 1.89. The number of aryl methyl sites for hydroxylation is 1. The summed E-state index contributed by atoms with van der Waals surface area (Å²) < 4.78 is 0.